The summed E-state index contributed by atoms with van der Waals surface area (Å²) < 4.78 is 20.0. The van der Waals surface area contributed by atoms with Crippen molar-refractivity contribution < 1.29 is 23.5 Å². The molecule has 96 valence electrons. The Hall–Kier alpha value is -0.420. The molecule has 0 heterocycles. The first-order valence-electron chi connectivity index (χ1n) is 5.26. The number of hydrogen-bond donors (Lipinski definition) is 2. The average molecular weight is 253 g/mol. The molecule has 0 saturated carbocycles. The van der Waals surface area contributed by atoms with E-state index in [1.807, 2.05) is 13.8 Å². The summed E-state index contributed by atoms with van der Waals surface area (Å²) in [6, 6.07) is 0. The lowest BCUT2D eigenvalue weighted by atomic mass is 10.1. The number of carbonyl (C=O) groups excluding carboxylic acids is 1. The highest BCUT2D eigenvalue weighted by molar-refractivity contribution is 7.50. The quantitative estimate of drug-likeness (QED) is 0.526. The van der Waals surface area contributed by atoms with Gasteiger partial charge < -0.3 is 9.63 Å². The van der Waals surface area contributed by atoms with Gasteiger partial charge >= 0.3 is 13.7 Å². The van der Waals surface area contributed by atoms with Crippen LogP contribution in [0.5, 0.6) is 0 Å². The Kier molecular flexibility index (Phi) is 6.83. The molecule has 0 amide bonds. The molecule has 0 aliphatic rings. The molecule has 0 aromatic heterocycles. The Bertz CT molecular complexity index is 261. The van der Waals surface area contributed by atoms with Gasteiger partial charge in [0, 0.05) is 0 Å². The summed E-state index contributed by atoms with van der Waals surface area (Å²) in [7, 11) is -4.14. The van der Waals surface area contributed by atoms with E-state index in [1.54, 1.807) is 0 Å². The molecule has 0 aliphatic heterocycles. The Labute approximate surface area is 95.7 Å². The molecule has 0 rings (SSSR count). The topological polar surface area (TPSA) is 98.9 Å². The van der Waals surface area contributed by atoms with E-state index in [9.17, 15) is 9.36 Å². The minimum atomic E-state index is -4.14. The molecule has 0 aromatic carbocycles. The zero-order valence-corrected chi connectivity index (χ0v) is 10.8. The van der Waals surface area contributed by atoms with Gasteiger partial charge in [0.05, 0.1) is 6.61 Å². The molecule has 7 heteroatoms. The molecule has 3 N–H and O–H groups in total. The predicted octanol–water partition coefficient (Wildman–Crippen LogP) is 1.43. The van der Waals surface area contributed by atoms with Gasteiger partial charge in [0.2, 0.25) is 0 Å². The number of ether oxygens (including phenoxy) is 1. The molecule has 0 saturated heterocycles. The fraction of sp³-hybridized carbons (Fsp3) is 0.889. The van der Waals surface area contributed by atoms with Crippen LogP contribution >= 0.6 is 7.75 Å². The standard InChI is InChI=1S/C9H20NO5P/c1-4-8(5-2)6-14-9(11)7(3)15-16(10,12)13/h7-8H,4-6H2,1-3H3,(H3,10,12,13). The fourth-order valence-corrected chi connectivity index (χ4v) is 1.65. The van der Waals surface area contributed by atoms with Crippen molar-refractivity contribution in [2.45, 2.75) is 39.7 Å². The predicted molar refractivity (Wildman–Crippen MR) is 59.6 cm³/mol. The summed E-state index contributed by atoms with van der Waals surface area (Å²) in [6.07, 6.45) is 0.693. The lowest BCUT2D eigenvalue weighted by Crippen LogP contribution is -2.25. The van der Waals surface area contributed by atoms with Crippen molar-refractivity contribution in [2.75, 3.05) is 6.61 Å². The van der Waals surface area contributed by atoms with Gasteiger partial charge in [0.25, 0.3) is 0 Å². The van der Waals surface area contributed by atoms with Gasteiger partial charge in [0.15, 0.2) is 6.10 Å². The number of rotatable bonds is 7. The maximum atomic E-state index is 11.3. The van der Waals surface area contributed by atoms with Crippen LogP contribution in [0.25, 0.3) is 0 Å². The van der Waals surface area contributed by atoms with E-state index >= 15 is 0 Å². The summed E-state index contributed by atoms with van der Waals surface area (Å²) in [6.45, 7) is 5.62. The highest BCUT2D eigenvalue weighted by atomic mass is 31.2. The molecular weight excluding hydrogens is 233 g/mol. The van der Waals surface area contributed by atoms with E-state index in [-0.39, 0.29) is 0 Å². The van der Waals surface area contributed by atoms with Gasteiger partial charge in [-0.1, -0.05) is 26.7 Å². The van der Waals surface area contributed by atoms with Crippen molar-refractivity contribution in [3.05, 3.63) is 0 Å². The number of esters is 1. The van der Waals surface area contributed by atoms with Crippen LogP contribution in [0.1, 0.15) is 33.6 Å². The Morgan fingerprint density at radius 3 is 2.31 bits per heavy atom. The van der Waals surface area contributed by atoms with Crippen LogP contribution in [0.15, 0.2) is 0 Å². The van der Waals surface area contributed by atoms with E-state index in [0.29, 0.717) is 12.5 Å². The molecule has 0 spiro atoms. The van der Waals surface area contributed by atoms with Crippen LogP contribution < -0.4 is 5.50 Å². The second-order valence-electron chi connectivity index (χ2n) is 3.62. The van der Waals surface area contributed by atoms with Crippen LogP contribution in [-0.2, 0) is 18.6 Å². The van der Waals surface area contributed by atoms with Crippen LogP contribution in [0.2, 0.25) is 0 Å². The summed E-state index contributed by atoms with van der Waals surface area (Å²) in [4.78, 5) is 20.0. The molecule has 2 unspecified atom stereocenters. The van der Waals surface area contributed by atoms with Gasteiger partial charge in [0.1, 0.15) is 0 Å². The Morgan fingerprint density at radius 1 is 1.44 bits per heavy atom. The maximum absolute atomic E-state index is 11.3. The third-order valence-corrected chi connectivity index (χ3v) is 2.88. The van der Waals surface area contributed by atoms with Crippen LogP contribution in [0.4, 0.5) is 0 Å². The van der Waals surface area contributed by atoms with Crippen LogP contribution in [-0.4, -0.2) is 23.6 Å². The monoisotopic (exact) mass is 253 g/mol. The largest absolute Gasteiger partial charge is 0.463 e. The number of hydrogen-bond acceptors (Lipinski definition) is 4. The van der Waals surface area contributed by atoms with E-state index in [2.05, 4.69) is 4.52 Å². The normalized spacial score (nSPS) is 16.9. The zero-order valence-electron chi connectivity index (χ0n) is 9.88. The summed E-state index contributed by atoms with van der Waals surface area (Å²) in [5, 5.41) is 0. The molecule has 0 aromatic rings. The molecule has 0 radical (unpaired) electrons. The van der Waals surface area contributed by atoms with E-state index < -0.39 is 19.8 Å². The van der Waals surface area contributed by atoms with Crippen molar-refractivity contribution in [3.8, 4) is 0 Å². The highest BCUT2D eigenvalue weighted by Crippen LogP contribution is 2.33. The lowest BCUT2D eigenvalue weighted by Gasteiger charge is -2.16. The third-order valence-electron chi connectivity index (χ3n) is 2.26. The second-order valence-corrected chi connectivity index (χ2v) is 4.96. The summed E-state index contributed by atoms with van der Waals surface area (Å²) >= 11 is 0. The Morgan fingerprint density at radius 2 is 1.94 bits per heavy atom. The lowest BCUT2D eigenvalue weighted by molar-refractivity contribution is -0.152. The summed E-state index contributed by atoms with van der Waals surface area (Å²) in [5.41, 5.74) is 4.76. The van der Waals surface area contributed by atoms with Crippen LogP contribution in [0, 0.1) is 5.92 Å². The first-order chi connectivity index (χ1) is 7.30. The molecule has 16 heavy (non-hydrogen) atoms. The molecule has 2 atom stereocenters. The minimum Gasteiger partial charge on any atom is -0.463 e. The van der Waals surface area contributed by atoms with Crippen molar-refractivity contribution >= 4 is 13.7 Å². The zero-order chi connectivity index (χ0) is 12.8. The van der Waals surface area contributed by atoms with Gasteiger partial charge in [-0.05, 0) is 12.8 Å². The smallest absolute Gasteiger partial charge is 0.401 e. The SMILES string of the molecule is CCC(CC)COC(=O)C(C)OP(N)(=O)O. The van der Waals surface area contributed by atoms with Crippen molar-refractivity contribution in [1.29, 1.82) is 0 Å². The molecule has 0 bridgehead atoms. The average Bonchev–Trinajstić information content (AvgIpc) is 2.16. The van der Waals surface area contributed by atoms with E-state index in [0.717, 1.165) is 12.8 Å². The third kappa shape index (κ3) is 6.95. The maximum Gasteiger partial charge on any atom is 0.401 e. The minimum absolute atomic E-state index is 0.292. The van der Waals surface area contributed by atoms with Gasteiger partial charge in [-0.15, -0.1) is 0 Å². The van der Waals surface area contributed by atoms with Crippen LogP contribution in [0.3, 0.4) is 0 Å². The molecule has 0 fully saturated rings. The van der Waals surface area contributed by atoms with Crippen molar-refractivity contribution in [1.82, 2.24) is 0 Å². The van der Waals surface area contributed by atoms with E-state index in [1.165, 1.54) is 6.92 Å². The van der Waals surface area contributed by atoms with E-state index in [4.69, 9.17) is 15.1 Å². The number of carbonyl (C=O) groups is 1. The second kappa shape index (κ2) is 7.01. The van der Waals surface area contributed by atoms with Gasteiger partial charge in [-0.2, -0.15) is 0 Å². The molecular formula is C9H20NO5P. The highest BCUT2D eigenvalue weighted by Gasteiger charge is 2.24. The van der Waals surface area contributed by atoms with Gasteiger partial charge in [-0.3, -0.25) is 4.52 Å². The van der Waals surface area contributed by atoms with Gasteiger partial charge in [-0.25, -0.2) is 14.9 Å². The fourth-order valence-electron chi connectivity index (χ4n) is 1.11. The Balaban J connectivity index is 4.02. The van der Waals surface area contributed by atoms with Crippen molar-refractivity contribution in [3.63, 3.8) is 0 Å². The first-order valence-corrected chi connectivity index (χ1v) is 6.91. The molecule has 0 aliphatic carbocycles. The summed E-state index contributed by atoms with van der Waals surface area (Å²) in [5.74, 6) is -0.374. The number of nitrogens with two attached hydrogens (primary N) is 1. The first kappa shape index (κ1) is 15.6. The molecule has 6 nitrogen and oxygen atoms in total. The van der Waals surface area contributed by atoms with Crippen molar-refractivity contribution in [2.24, 2.45) is 11.4 Å².